The Morgan fingerprint density at radius 1 is 1.07 bits per heavy atom. The minimum Gasteiger partial charge on any atom is -0.756 e. The van der Waals surface area contributed by atoms with Crippen molar-refractivity contribution < 1.29 is 84.7 Å². The number of phosphoric ester groups is 1. The topological polar surface area (TPSA) is 116 Å². The van der Waals surface area contributed by atoms with E-state index in [4.69, 9.17) is 28.0 Å². The average molecular weight is 792 g/mol. The molecular formula is C18H33O9PW2-2. The van der Waals surface area contributed by atoms with Crippen LogP contribution in [-0.2, 0) is 74.7 Å². The van der Waals surface area contributed by atoms with Crippen LogP contribution < -0.4 is 4.89 Å². The molecule has 0 aromatic carbocycles. The van der Waals surface area contributed by atoms with Gasteiger partial charge in [0.15, 0.2) is 0 Å². The van der Waals surface area contributed by atoms with Gasteiger partial charge in [0.2, 0.25) is 0 Å². The fraction of sp³-hybridized carbons (Fsp3) is 0.944. The summed E-state index contributed by atoms with van der Waals surface area (Å²) in [5.41, 5.74) is 0. The molecule has 0 radical (unpaired) electrons. The van der Waals surface area contributed by atoms with Crippen LogP contribution in [0.25, 0.3) is 0 Å². The molecule has 9 nitrogen and oxygen atoms in total. The van der Waals surface area contributed by atoms with Crippen LogP contribution in [0.5, 0.6) is 0 Å². The number of ether oxygens (including phenoxy) is 4. The summed E-state index contributed by atoms with van der Waals surface area (Å²) < 4.78 is 45.0. The van der Waals surface area contributed by atoms with Crippen molar-refractivity contribution in [3.63, 3.8) is 0 Å². The predicted molar refractivity (Wildman–Crippen MR) is 98.5 cm³/mol. The number of hydrogen-bond acceptors (Lipinski definition) is 9. The van der Waals surface area contributed by atoms with Crippen LogP contribution in [0, 0.1) is 6.42 Å². The van der Waals surface area contributed by atoms with E-state index in [0.717, 1.165) is 0 Å². The molecule has 2 aliphatic rings. The summed E-state index contributed by atoms with van der Waals surface area (Å²) in [5.74, 6) is 0. The van der Waals surface area contributed by atoms with Crippen molar-refractivity contribution >= 4 is 7.82 Å². The molecule has 12 heteroatoms. The van der Waals surface area contributed by atoms with Crippen molar-refractivity contribution in [2.45, 2.75) is 96.5 Å². The molecule has 2 aliphatic heterocycles. The standard InChI is InChI=1S/C18H34O9P.2W/c1-10(2)22-8-15-14(7-12(5)25-15)27-28(20,21)23-9-16-18(24-11(3)4)17(19)13(6)26-16;;/h7,10-19H,8-9H2,1-6H3,(H,20,21);;/q-1;;/p-1/t12-,13-,14+,15+,16+,17?,18?;;/m0../s1. The van der Waals surface area contributed by atoms with Gasteiger partial charge < -0.3 is 38.0 Å². The Kier molecular flexibility index (Phi) is 14.5. The third kappa shape index (κ3) is 9.65. The minimum absolute atomic E-state index is 0. The van der Waals surface area contributed by atoms with Gasteiger partial charge in [-0.15, -0.1) is 0 Å². The first-order valence-corrected chi connectivity index (χ1v) is 11.2. The predicted octanol–water partition coefficient (Wildman–Crippen LogP) is 1.21. The van der Waals surface area contributed by atoms with E-state index in [2.05, 4.69) is 0 Å². The van der Waals surface area contributed by atoms with Crippen LogP contribution in [0.2, 0.25) is 0 Å². The van der Waals surface area contributed by atoms with E-state index < -0.39 is 44.4 Å². The summed E-state index contributed by atoms with van der Waals surface area (Å²) in [4.78, 5) is 12.3. The third-order valence-corrected chi connectivity index (χ3v) is 5.43. The smallest absolute Gasteiger partial charge is 0.265 e. The second-order valence-electron chi connectivity index (χ2n) is 7.79. The molecule has 2 fully saturated rings. The molecule has 0 aromatic rings. The number of hydrogen-bond donors (Lipinski definition) is 1. The van der Waals surface area contributed by atoms with E-state index >= 15 is 0 Å². The van der Waals surface area contributed by atoms with E-state index in [-0.39, 0.29) is 73.7 Å². The van der Waals surface area contributed by atoms with Gasteiger partial charge in [-0.25, -0.2) is 0 Å². The fourth-order valence-corrected chi connectivity index (χ4v) is 4.09. The number of aliphatic hydroxyl groups is 1. The summed E-state index contributed by atoms with van der Waals surface area (Å²) in [6.45, 7) is 10.8. The molecule has 0 amide bonds. The van der Waals surface area contributed by atoms with Crippen molar-refractivity contribution in [3.8, 4) is 0 Å². The van der Waals surface area contributed by atoms with Gasteiger partial charge in [-0.3, -0.25) is 11.0 Å². The van der Waals surface area contributed by atoms with Gasteiger partial charge in [-0.1, -0.05) is 13.0 Å². The fourth-order valence-electron chi connectivity index (χ4n) is 3.20. The first-order valence-electron chi connectivity index (χ1n) is 9.73. The first kappa shape index (κ1) is 31.3. The molecule has 1 N–H and O–H groups in total. The molecule has 2 rings (SSSR count). The quantitative estimate of drug-likeness (QED) is 0.258. The van der Waals surface area contributed by atoms with Crippen LogP contribution in [-0.4, -0.2) is 73.3 Å². The zero-order valence-electron chi connectivity index (χ0n) is 18.2. The van der Waals surface area contributed by atoms with E-state index in [9.17, 15) is 14.6 Å². The number of aliphatic hydroxyl groups excluding tert-OH is 1. The zero-order chi connectivity index (χ0) is 21.1. The maximum absolute atomic E-state index is 12.3. The van der Waals surface area contributed by atoms with Crippen molar-refractivity contribution in [1.82, 2.24) is 0 Å². The summed E-state index contributed by atoms with van der Waals surface area (Å²) in [6, 6.07) is 0. The largest absolute Gasteiger partial charge is 0.756 e. The van der Waals surface area contributed by atoms with Crippen LogP contribution in [0.3, 0.4) is 0 Å². The molecule has 0 aliphatic carbocycles. The Labute approximate surface area is 208 Å². The van der Waals surface area contributed by atoms with Crippen molar-refractivity contribution in [2.24, 2.45) is 0 Å². The van der Waals surface area contributed by atoms with Gasteiger partial charge in [0.1, 0.15) is 18.3 Å². The molecule has 0 aromatic heterocycles. The second kappa shape index (κ2) is 13.9. The molecule has 0 spiro atoms. The first-order chi connectivity index (χ1) is 13.0. The normalized spacial score (nSPS) is 35.9. The Morgan fingerprint density at radius 2 is 1.70 bits per heavy atom. The van der Waals surface area contributed by atoms with E-state index in [1.54, 1.807) is 20.3 Å². The van der Waals surface area contributed by atoms with Gasteiger partial charge >= 0.3 is 0 Å². The van der Waals surface area contributed by atoms with Gasteiger partial charge in [0.05, 0.1) is 37.6 Å². The Balaban J connectivity index is 0.00000420. The van der Waals surface area contributed by atoms with Crippen LogP contribution in [0.1, 0.15) is 41.5 Å². The molecule has 2 saturated heterocycles. The Bertz CT molecular complexity index is 540. The van der Waals surface area contributed by atoms with Crippen LogP contribution in [0.4, 0.5) is 0 Å². The number of rotatable bonds is 10. The molecule has 3 unspecified atom stereocenters. The average Bonchev–Trinajstić information content (AvgIpc) is 3.04. The molecule has 0 bridgehead atoms. The molecule has 8 atom stereocenters. The summed E-state index contributed by atoms with van der Waals surface area (Å²) in [5, 5.41) is 10.2. The van der Waals surface area contributed by atoms with E-state index in [0.29, 0.717) is 0 Å². The summed E-state index contributed by atoms with van der Waals surface area (Å²) in [6.07, 6.45) is -2.85. The monoisotopic (exact) mass is 792 g/mol. The molecule has 2 heterocycles. The van der Waals surface area contributed by atoms with Gasteiger partial charge in [-0.05, 0) is 40.7 Å². The van der Waals surface area contributed by atoms with Crippen molar-refractivity contribution in [2.75, 3.05) is 13.2 Å². The van der Waals surface area contributed by atoms with Crippen LogP contribution in [0.15, 0.2) is 0 Å². The molecule has 30 heavy (non-hydrogen) atoms. The summed E-state index contributed by atoms with van der Waals surface area (Å²) in [7, 11) is -4.64. The molecular weight excluding hydrogens is 759 g/mol. The van der Waals surface area contributed by atoms with Crippen LogP contribution >= 0.6 is 7.82 Å². The summed E-state index contributed by atoms with van der Waals surface area (Å²) >= 11 is 0. The van der Waals surface area contributed by atoms with E-state index in [1.807, 2.05) is 27.7 Å². The van der Waals surface area contributed by atoms with E-state index in [1.165, 1.54) is 0 Å². The maximum Gasteiger partial charge on any atom is 0.265 e. The molecule has 178 valence electrons. The maximum atomic E-state index is 12.3. The number of phosphoric acid groups is 1. The Morgan fingerprint density at radius 3 is 2.27 bits per heavy atom. The minimum atomic E-state index is -4.64. The van der Waals surface area contributed by atoms with Gasteiger partial charge in [0.25, 0.3) is 7.82 Å². The van der Waals surface area contributed by atoms with Gasteiger partial charge in [0, 0.05) is 42.1 Å². The Hall–Kier alpha value is 1.29. The third-order valence-electron chi connectivity index (χ3n) is 4.46. The van der Waals surface area contributed by atoms with Crippen molar-refractivity contribution in [3.05, 3.63) is 6.42 Å². The van der Waals surface area contributed by atoms with Crippen molar-refractivity contribution in [1.29, 1.82) is 0 Å². The van der Waals surface area contributed by atoms with Gasteiger partial charge in [-0.2, -0.15) is 0 Å². The zero-order valence-corrected chi connectivity index (χ0v) is 24.9. The second-order valence-corrected chi connectivity index (χ2v) is 9.15. The molecule has 0 saturated carbocycles. The SMILES string of the molecule is CC(C)OC[C@H]1O[C@@H](C)[CH-][C@H]1OP(=O)([O-])OC[C@H]1O[C@@H](C)C(O)C1OC(C)C.[W].[W].